The zero-order valence-electron chi connectivity index (χ0n) is 9.45. The molecule has 0 saturated carbocycles. The van der Waals surface area contributed by atoms with Gasteiger partial charge in [0.2, 0.25) is 5.88 Å². The predicted octanol–water partition coefficient (Wildman–Crippen LogP) is 3.28. The molecule has 18 heavy (non-hydrogen) atoms. The van der Waals surface area contributed by atoms with Crippen molar-refractivity contribution in [3.63, 3.8) is 0 Å². The van der Waals surface area contributed by atoms with E-state index in [9.17, 15) is 0 Å². The number of anilines is 1. The number of hydrazine groups is 1. The summed E-state index contributed by atoms with van der Waals surface area (Å²) >= 11 is 9.38. The van der Waals surface area contributed by atoms with Crippen molar-refractivity contribution in [1.82, 2.24) is 9.97 Å². The van der Waals surface area contributed by atoms with Crippen molar-refractivity contribution in [2.24, 2.45) is 5.84 Å². The van der Waals surface area contributed by atoms with Gasteiger partial charge in [-0.25, -0.2) is 15.8 Å². The number of ether oxygens (including phenoxy) is 1. The molecule has 0 fully saturated rings. The van der Waals surface area contributed by atoms with Crippen LogP contribution in [0.1, 0.15) is 5.56 Å². The number of benzene rings is 1. The highest BCUT2D eigenvalue weighted by Crippen LogP contribution is 2.34. The summed E-state index contributed by atoms with van der Waals surface area (Å²) in [6.07, 6.45) is 1.34. The first kappa shape index (κ1) is 13.1. The van der Waals surface area contributed by atoms with E-state index in [2.05, 4.69) is 31.3 Å². The van der Waals surface area contributed by atoms with E-state index in [-0.39, 0.29) is 0 Å². The van der Waals surface area contributed by atoms with E-state index in [1.54, 1.807) is 6.07 Å². The van der Waals surface area contributed by atoms with Crippen LogP contribution in [0, 0.1) is 6.92 Å². The summed E-state index contributed by atoms with van der Waals surface area (Å²) in [5, 5.41) is 0.516. The molecule has 94 valence electrons. The molecule has 1 aromatic carbocycles. The summed E-state index contributed by atoms with van der Waals surface area (Å²) in [6.45, 7) is 1.95. The smallest absolute Gasteiger partial charge is 0.239 e. The van der Waals surface area contributed by atoms with Crippen molar-refractivity contribution in [2.45, 2.75) is 6.92 Å². The van der Waals surface area contributed by atoms with Crippen molar-refractivity contribution in [3.05, 3.63) is 39.6 Å². The summed E-state index contributed by atoms with van der Waals surface area (Å²) in [4.78, 5) is 7.94. The highest BCUT2D eigenvalue weighted by Gasteiger charge is 2.11. The van der Waals surface area contributed by atoms with Gasteiger partial charge in [-0.3, -0.25) is 0 Å². The minimum Gasteiger partial charge on any atom is -0.436 e. The third-order valence-corrected chi connectivity index (χ3v) is 3.20. The Balaban J connectivity index is 2.34. The lowest BCUT2D eigenvalue weighted by molar-refractivity contribution is 0.458. The fraction of sp³-hybridized carbons (Fsp3) is 0.0909. The van der Waals surface area contributed by atoms with E-state index < -0.39 is 0 Å². The summed E-state index contributed by atoms with van der Waals surface area (Å²) in [5.41, 5.74) is 3.49. The van der Waals surface area contributed by atoms with Crippen LogP contribution in [-0.4, -0.2) is 9.97 Å². The van der Waals surface area contributed by atoms with E-state index in [0.717, 1.165) is 5.56 Å². The number of aromatic nitrogens is 2. The topological polar surface area (TPSA) is 73.1 Å². The van der Waals surface area contributed by atoms with Crippen molar-refractivity contribution < 1.29 is 4.74 Å². The number of nitrogens with two attached hydrogens (primary N) is 1. The van der Waals surface area contributed by atoms with Crippen LogP contribution < -0.4 is 16.0 Å². The Kier molecular flexibility index (Phi) is 4.00. The lowest BCUT2D eigenvalue weighted by Gasteiger charge is -2.10. The SMILES string of the molecule is Cc1ccc(Oc2ncnc(NN)c2Br)c(Cl)c1. The lowest BCUT2D eigenvalue weighted by atomic mass is 10.2. The second kappa shape index (κ2) is 5.51. The van der Waals surface area contributed by atoms with Crippen LogP contribution in [0.3, 0.4) is 0 Å². The van der Waals surface area contributed by atoms with Gasteiger partial charge in [0, 0.05) is 0 Å². The molecule has 0 radical (unpaired) electrons. The Morgan fingerprint density at radius 2 is 2.17 bits per heavy atom. The molecular weight excluding hydrogens is 320 g/mol. The van der Waals surface area contributed by atoms with Gasteiger partial charge >= 0.3 is 0 Å². The van der Waals surface area contributed by atoms with Crippen LogP contribution in [0.2, 0.25) is 5.02 Å². The average Bonchev–Trinajstić information content (AvgIpc) is 2.35. The van der Waals surface area contributed by atoms with Crippen LogP contribution >= 0.6 is 27.5 Å². The van der Waals surface area contributed by atoms with Gasteiger partial charge < -0.3 is 10.2 Å². The first-order valence-electron chi connectivity index (χ1n) is 5.03. The van der Waals surface area contributed by atoms with Gasteiger partial charge in [-0.2, -0.15) is 0 Å². The molecule has 2 aromatic rings. The summed E-state index contributed by atoms with van der Waals surface area (Å²) in [6, 6.07) is 5.49. The Bertz CT molecular complexity index is 579. The third kappa shape index (κ3) is 2.72. The van der Waals surface area contributed by atoms with Crippen LogP contribution in [0.25, 0.3) is 0 Å². The van der Waals surface area contributed by atoms with Crippen molar-refractivity contribution in [1.29, 1.82) is 0 Å². The average molecular weight is 330 g/mol. The van der Waals surface area contributed by atoms with E-state index in [0.29, 0.717) is 26.9 Å². The molecule has 1 heterocycles. The number of nitrogens with zero attached hydrogens (tertiary/aromatic N) is 2. The van der Waals surface area contributed by atoms with Gasteiger partial charge in [0.05, 0.1) is 5.02 Å². The number of aryl methyl sites for hydroxylation is 1. The Morgan fingerprint density at radius 1 is 1.39 bits per heavy atom. The Morgan fingerprint density at radius 3 is 2.83 bits per heavy atom. The minimum absolute atomic E-state index is 0.337. The fourth-order valence-electron chi connectivity index (χ4n) is 1.32. The van der Waals surface area contributed by atoms with Gasteiger partial charge in [-0.05, 0) is 40.5 Å². The van der Waals surface area contributed by atoms with Crippen LogP contribution in [0.15, 0.2) is 29.0 Å². The molecule has 3 N–H and O–H groups in total. The number of hydrogen-bond acceptors (Lipinski definition) is 5. The van der Waals surface area contributed by atoms with E-state index in [1.807, 2.05) is 19.1 Å². The summed E-state index contributed by atoms with van der Waals surface area (Å²) in [7, 11) is 0. The minimum atomic E-state index is 0.337. The number of nitrogen functional groups attached to an aromatic ring is 1. The van der Waals surface area contributed by atoms with Crippen molar-refractivity contribution in [3.8, 4) is 11.6 Å². The molecular formula is C11H10BrClN4O. The normalized spacial score (nSPS) is 10.2. The molecule has 0 amide bonds. The van der Waals surface area contributed by atoms with E-state index in [4.69, 9.17) is 22.2 Å². The van der Waals surface area contributed by atoms with Crippen LogP contribution in [-0.2, 0) is 0 Å². The van der Waals surface area contributed by atoms with Gasteiger partial charge in [0.25, 0.3) is 0 Å². The van der Waals surface area contributed by atoms with Crippen LogP contribution in [0.5, 0.6) is 11.6 Å². The van der Waals surface area contributed by atoms with E-state index >= 15 is 0 Å². The molecule has 0 aliphatic rings. The monoisotopic (exact) mass is 328 g/mol. The second-order valence-corrected chi connectivity index (χ2v) is 4.72. The highest BCUT2D eigenvalue weighted by atomic mass is 79.9. The Labute approximate surface area is 117 Å². The molecule has 0 bridgehead atoms. The van der Waals surface area contributed by atoms with Crippen molar-refractivity contribution >= 4 is 33.3 Å². The number of rotatable bonds is 3. The fourth-order valence-corrected chi connectivity index (χ4v) is 1.99. The molecule has 7 heteroatoms. The Hall–Kier alpha value is -1.37. The van der Waals surface area contributed by atoms with Gasteiger partial charge in [-0.15, -0.1) is 0 Å². The maximum absolute atomic E-state index is 6.08. The lowest BCUT2D eigenvalue weighted by Crippen LogP contribution is -2.09. The number of nitrogens with one attached hydrogen (secondary N) is 1. The molecule has 2 rings (SSSR count). The zero-order chi connectivity index (χ0) is 13.1. The first-order chi connectivity index (χ1) is 8.61. The largest absolute Gasteiger partial charge is 0.436 e. The summed E-state index contributed by atoms with van der Waals surface area (Å²) in [5.74, 6) is 6.60. The predicted molar refractivity (Wildman–Crippen MR) is 73.8 cm³/mol. The molecule has 0 aliphatic heterocycles. The summed E-state index contributed by atoms with van der Waals surface area (Å²) < 4.78 is 6.14. The first-order valence-corrected chi connectivity index (χ1v) is 6.20. The standard InChI is InChI=1S/C11H10BrClN4O/c1-6-2-3-8(7(13)4-6)18-11-9(12)10(17-14)15-5-16-11/h2-5H,14H2,1H3,(H,15,16,17). The van der Waals surface area contributed by atoms with Crippen LogP contribution in [0.4, 0.5) is 5.82 Å². The molecule has 0 spiro atoms. The molecule has 0 unspecified atom stereocenters. The quantitative estimate of drug-likeness (QED) is 0.668. The maximum Gasteiger partial charge on any atom is 0.239 e. The number of hydrogen-bond donors (Lipinski definition) is 2. The van der Waals surface area contributed by atoms with Gasteiger partial charge in [-0.1, -0.05) is 17.7 Å². The second-order valence-electron chi connectivity index (χ2n) is 3.52. The number of halogens is 2. The van der Waals surface area contributed by atoms with E-state index in [1.165, 1.54) is 6.33 Å². The molecule has 0 atom stereocenters. The zero-order valence-corrected chi connectivity index (χ0v) is 11.8. The molecule has 0 aliphatic carbocycles. The maximum atomic E-state index is 6.08. The molecule has 0 saturated heterocycles. The molecule has 1 aromatic heterocycles. The third-order valence-electron chi connectivity index (χ3n) is 2.19. The molecule has 5 nitrogen and oxygen atoms in total. The van der Waals surface area contributed by atoms with Gasteiger partial charge in [0.1, 0.15) is 16.5 Å². The highest BCUT2D eigenvalue weighted by molar-refractivity contribution is 9.10. The van der Waals surface area contributed by atoms with Gasteiger partial charge in [0.15, 0.2) is 5.82 Å². The van der Waals surface area contributed by atoms with Crippen molar-refractivity contribution in [2.75, 3.05) is 5.43 Å².